The minimum atomic E-state index is -1.37. The molecule has 130 valence electrons. The first-order valence-corrected chi connectivity index (χ1v) is 11.4. The number of H-pyrrole nitrogens is 1. The van der Waals surface area contributed by atoms with Crippen LogP contribution >= 0.6 is 0 Å². The highest BCUT2D eigenvalue weighted by atomic mass is 28.3. The minimum Gasteiger partial charge on any atom is -0.347 e. The van der Waals surface area contributed by atoms with E-state index in [0.717, 1.165) is 19.4 Å². The van der Waals surface area contributed by atoms with E-state index in [1.54, 1.807) is 0 Å². The smallest absolute Gasteiger partial charge is 0.268 e. The lowest BCUT2D eigenvalue weighted by atomic mass is 10.1. The molecular weight excluding hydrogens is 330 g/mol. The first-order chi connectivity index (χ1) is 11.3. The van der Waals surface area contributed by atoms with Crippen LogP contribution < -0.4 is 10.3 Å². The van der Waals surface area contributed by atoms with Gasteiger partial charge in [0.25, 0.3) is 5.91 Å². The molecule has 5 nitrogen and oxygen atoms in total. The van der Waals surface area contributed by atoms with E-state index in [2.05, 4.69) is 33.4 Å². The second kappa shape index (κ2) is 6.25. The van der Waals surface area contributed by atoms with Crippen molar-refractivity contribution in [2.45, 2.75) is 44.9 Å². The Labute approximate surface area is 140 Å². The monoisotopic (exact) mass is 352 g/mol. The lowest BCUT2D eigenvalue weighted by molar-refractivity contribution is 0.0931. The third-order valence-corrected chi connectivity index (χ3v) is 7.35. The first kappa shape index (κ1) is 17.0. The molecule has 1 amide bonds. The van der Waals surface area contributed by atoms with Crippen molar-refractivity contribution in [2.75, 3.05) is 6.54 Å². The fraction of sp³-hybridized carbons (Fsp3) is 0.500. The minimum absolute atomic E-state index is 0.00391. The van der Waals surface area contributed by atoms with Gasteiger partial charge >= 0.3 is 0 Å². The predicted octanol–water partition coefficient (Wildman–Crippen LogP) is 2.84. The molecule has 0 spiro atoms. The highest BCUT2D eigenvalue weighted by Gasteiger charge is 2.27. The van der Waals surface area contributed by atoms with E-state index in [4.69, 9.17) is 0 Å². The number of nitrogens with one attached hydrogen (secondary N) is 3. The zero-order valence-electron chi connectivity index (χ0n) is 14.1. The van der Waals surface area contributed by atoms with Gasteiger partial charge in [-0.25, -0.2) is 13.8 Å². The molecule has 1 fully saturated rings. The van der Waals surface area contributed by atoms with E-state index in [1.165, 1.54) is 19.0 Å². The van der Waals surface area contributed by atoms with Gasteiger partial charge in [0, 0.05) is 12.6 Å². The zero-order valence-corrected chi connectivity index (χ0v) is 15.1. The van der Waals surface area contributed by atoms with Crippen molar-refractivity contribution in [3.05, 3.63) is 29.1 Å². The molecule has 0 aliphatic carbocycles. The average Bonchev–Trinajstić information content (AvgIpc) is 2.86. The van der Waals surface area contributed by atoms with Crippen LogP contribution in [0.4, 0.5) is 8.78 Å². The summed E-state index contributed by atoms with van der Waals surface area (Å²) in [6, 6.07) is 2.53. The number of rotatable bonds is 2. The molecule has 3 N–H and O–H groups in total. The molecule has 3 heterocycles. The van der Waals surface area contributed by atoms with E-state index in [0.29, 0.717) is 0 Å². The Bertz CT molecular complexity index is 790. The summed E-state index contributed by atoms with van der Waals surface area (Å²) in [6.45, 7) is 6.69. The number of fused-ring (bicyclic) bond motifs is 1. The van der Waals surface area contributed by atoms with Crippen molar-refractivity contribution in [1.29, 1.82) is 0 Å². The Balaban J connectivity index is 1.78. The quantitative estimate of drug-likeness (QED) is 0.728. The molecule has 1 unspecified atom stereocenters. The molecule has 0 saturated carbocycles. The van der Waals surface area contributed by atoms with Crippen molar-refractivity contribution >= 4 is 25.2 Å². The highest BCUT2D eigenvalue weighted by Crippen LogP contribution is 2.22. The van der Waals surface area contributed by atoms with Crippen LogP contribution in [0.25, 0.3) is 11.0 Å². The predicted molar refractivity (Wildman–Crippen MR) is 91.5 cm³/mol. The van der Waals surface area contributed by atoms with Gasteiger partial charge in [0.15, 0.2) is 11.6 Å². The van der Waals surface area contributed by atoms with Gasteiger partial charge in [-0.2, -0.15) is 0 Å². The van der Waals surface area contributed by atoms with Crippen LogP contribution in [0, 0.1) is 18.6 Å². The van der Waals surface area contributed by atoms with Crippen LogP contribution in [0.15, 0.2) is 6.07 Å². The Hall–Kier alpha value is -1.80. The largest absolute Gasteiger partial charge is 0.347 e. The molecule has 3 rings (SSSR count). The molecular formula is C16H22F2N4OSi. The van der Waals surface area contributed by atoms with Gasteiger partial charge in [-0.1, -0.05) is 19.5 Å². The fourth-order valence-corrected chi connectivity index (χ4v) is 5.15. The maximum Gasteiger partial charge on any atom is 0.268 e. The molecule has 1 aliphatic rings. The van der Waals surface area contributed by atoms with E-state index in [-0.39, 0.29) is 34.4 Å². The molecule has 0 bridgehead atoms. The lowest BCUT2D eigenvalue weighted by Crippen LogP contribution is -2.49. The normalized spacial score (nSPS) is 20.8. The zero-order chi connectivity index (χ0) is 17.5. The fourth-order valence-electron chi connectivity index (χ4n) is 3.08. The maximum absolute atomic E-state index is 14.0. The van der Waals surface area contributed by atoms with Crippen molar-refractivity contribution < 1.29 is 13.6 Å². The van der Waals surface area contributed by atoms with Crippen LogP contribution in [0.5, 0.6) is 0 Å². The third kappa shape index (κ3) is 3.34. The summed E-state index contributed by atoms with van der Waals surface area (Å²) in [4.78, 5) is 22.8. The SMILES string of the molecule is Cc1nc2[nH]c(C(=O)NC3CCC[Si](C)(C)NC3)cc2c(F)c1F. The summed E-state index contributed by atoms with van der Waals surface area (Å²) >= 11 is 0. The van der Waals surface area contributed by atoms with Crippen LogP contribution in [0.2, 0.25) is 19.1 Å². The van der Waals surface area contributed by atoms with Crippen LogP contribution in [0.1, 0.15) is 29.0 Å². The topological polar surface area (TPSA) is 69.8 Å². The Morgan fingerprint density at radius 2 is 2.12 bits per heavy atom. The van der Waals surface area contributed by atoms with Gasteiger partial charge in [0.2, 0.25) is 0 Å². The standard InChI is InChI=1S/C16H22F2N4OSi/c1-9-13(17)14(18)11-7-12(22-15(11)20-9)16(23)21-10-5-4-6-24(2,3)19-8-10/h7,10,19H,4-6,8H2,1-3H3,(H,20,22)(H,21,23). The molecule has 2 aromatic heterocycles. The summed E-state index contributed by atoms with van der Waals surface area (Å²) < 4.78 is 27.6. The number of hydrogen-bond acceptors (Lipinski definition) is 3. The second-order valence-corrected chi connectivity index (χ2v) is 11.7. The summed E-state index contributed by atoms with van der Waals surface area (Å²) in [5.41, 5.74) is 0.347. The highest BCUT2D eigenvalue weighted by molar-refractivity contribution is 6.75. The van der Waals surface area contributed by atoms with Gasteiger partial charge in [0.05, 0.1) is 11.1 Å². The molecule has 24 heavy (non-hydrogen) atoms. The Morgan fingerprint density at radius 3 is 2.88 bits per heavy atom. The number of carbonyl (C=O) groups excluding carboxylic acids is 1. The maximum atomic E-state index is 14.0. The van der Waals surface area contributed by atoms with Crippen molar-refractivity contribution in [2.24, 2.45) is 0 Å². The molecule has 1 aliphatic heterocycles. The van der Waals surface area contributed by atoms with Crippen molar-refractivity contribution in [3.63, 3.8) is 0 Å². The summed E-state index contributed by atoms with van der Waals surface area (Å²) in [7, 11) is -1.37. The van der Waals surface area contributed by atoms with Crippen LogP contribution in [-0.4, -0.2) is 36.7 Å². The van der Waals surface area contributed by atoms with Gasteiger partial charge in [-0.05, 0) is 25.5 Å². The molecule has 0 radical (unpaired) electrons. The van der Waals surface area contributed by atoms with Gasteiger partial charge in [-0.3, -0.25) is 4.79 Å². The van der Waals surface area contributed by atoms with Gasteiger partial charge in [0.1, 0.15) is 19.6 Å². The summed E-state index contributed by atoms with van der Waals surface area (Å²) in [5, 5.41) is 2.96. The van der Waals surface area contributed by atoms with E-state index in [1.807, 2.05) is 0 Å². The van der Waals surface area contributed by atoms with Gasteiger partial charge in [-0.15, -0.1) is 0 Å². The summed E-state index contributed by atoms with van der Waals surface area (Å²) in [5.74, 6) is -2.27. The molecule has 2 aromatic rings. The van der Waals surface area contributed by atoms with E-state index < -0.39 is 19.9 Å². The number of pyridine rings is 1. The number of carbonyl (C=O) groups is 1. The molecule has 1 saturated heterocycles. The molecule has 1 atom stereocenters. The second-order valence-electron chi connectivity index (χ2n) is 7.10. The number of aromatic amines is 1. The third-order valence-electron chi connectivity index (χ3n) is 4.58. The lowest BCUT2D eigenvalue weighted by Gasteiger charge is -2.22. The summed E-state index contributed by atoms with van der Waals surface area (Å²) in [6.07, 6.45) is 1.99. The van der Waals surface area contributed by atoms with Gasteiger partial charge < -0.3 is 15.3 Å². The number of amides is 1. The number of aryl methyl sites for hydroxylation is 1. The van der Waals surface area contributed by atoms with Crippen LogP contribution in [0.3, 0.4) is 0 Å². The van der Waals surface area contributed by atoms with E-state index >= 15 is 0 Å². The van der Waals surface area contributed by atoms with Crippen molar-refractivity contribution in [3.8, 4) is 0 Å². The number of hydrogen-bond donors (Lipinski definition) is 3. The Kier molecular flexibility index (Phi) is 4.44. The number of nitrogens with zero attached hydrogens (tertiary/aromatic N) is 1. The molecule has 0 aromatic carbocycles. The van der Waals surface area contributed by atoms with Crippen molar-refractivity contribution in [1.82, 2.24) is 20.3 Å². The number of aromatic nitrogens is 2. The first-order valence-electron chi connectivity index (χ1n) is 8.17. The number of halogens is 2. The molecule has 8 heteroatoms. The van der Waals surface area contributed by atoms with Crippen LogP contribution in [-0.2, 0) is 0 Å². The average molecular weight is 352 g/mol. The van der Waals surface area contributed by atoms with E-state index in [9.17, 15) is 13.6 Å². The Morgan fingerprint density at radius 1 is 1.38 bits per heavy atom.